The Bertz CT molecular complexity index is 1080. The van der Waals surface area contributed by atoms with E-state index in [9.17, 15) is 9.59 Å². The van der Waals surface area contributed by atoms with Crippen LogP contribution < -0.4 is 16.0 Å². The van der Waals surface area contributed by atoms with Gasteiger partial charge in [0.25, 0.3) is 5.91 Å². The summed E-state index contributed by atoms with van der Waals surface area (Å²) in [5.41, 5.74) is 2.09. The van der Waals surface area contributed by atoms with Gasteiger partial charge in [-0.25, -0.2) is 0 Å². The number of carbonyl (C=O) groups excluding carboxylic acids is 2. The van der Waals surface area contributed by atoms with Gasteiger partial charge in [0.05, 0.1) is 35.6 Å². The molecule has 2 aliphatic rings. The predicted octanol–water partition coefficient (Wildman–Crippen LogP) is 1.45. The molecule has 0 bridgehead atoms. The van der Waals surface area contributed by atoms with Crippen LogP contribution in [-0.2, 0) is 4.79 Å². The minimum Gasteiger partial charge on any atom is -0.352 e. The van der Waals surface area contributed by atoms with Crippen molar-refractivity contribution < 1.29 is 9.59 Å². The fourth-order valence-electron chi connectivity index (χ4n) is 3.46. The Hall–Kier alpha value is -3.46. The van der Waals surface area contributed by atoms with Crippen LogP contribution in [0.2, 0.25) is 0 Å². The second-order valence-electron chi connectivity index (χ2n) is 7.25. The van der Waals surface area contributed by atoms with Crippen molar-refractivity contribution in [2.24, 2.45) is 10.9 Å². The number of benzene rings is 1. The molecule has 3 N–H and O–H groups in total. The van der Waals surface area contributed by atoms with Crippen molar-refractivity contribution in [2.75, 3.05) is 13.1 Å². The summed E-state index contributed by atoms with van der Waals surface area (Å²) < 4.78 is 0. The van der Waals surface area contributed by atoms with E-state index in [2.05, 4.69) is 31.1 Å². The highest BCUT2D eigenvalue weighted by molar-refractivity contribution is 6.32. The summed E-state index contributed by atoms with van der Waals surface area (Å²) in [4.78, 5) is 30.8. The number of aliphatic imine (C=N–C) groups is 1. The van der Waals surface area contributed by atoms with Gasteiger partial charge in [0, 0.05) is 18.1 Å². The van der Waals surface area contributed by atoms with Crippen LogP contribution in [0.4, 0.5) is 0 Å². The number of carbonyl (C=O) groups is 2. The Morgan fingerprint density at radius 3 is 2.94 bits per heavy atom. The van der Waals surface area contributed by atoms with E-state index in [1.54, 1.807) is 18.5 Å². The summed E-state index contributed by atoms with van der Waals surface area (Å²) in [6, 6.07) is 5.33. The van der Waals surface area contributed by atoms with Crippen molar-refractivity contribution in [3.63, 3.8) is 0 Å². The third-order valence-electron chi connectivity index (χ3n) is 4.98. The number of nitrogens with zero attached hydrogens (tertiary/aromatic N) is 4. The van der Waals surface area contributed by atoms with E-state index < -0.39 is 5.92 Å². The number of rotatable bonds is 6. The fraction of sp³-hybridized carbons (Fsp3) is 0.286. The van der Waals surface area contributed by atoms with Crippen LogP contribution in [0, 0.1) is 12.8 Å². The molecule has 1 fully saturated rings. The number of amides is 2. The van der Waals surface area contributed by atoms with Gasteiger partial charge in [-0.15, -0.1) is 0 Å². The van der Waals surface area contributed by atoms with Gasteiger partial charge in [0.15, 0.2) is 5.96 Å². The fourth-order valence-corrected chi connectivity index (χ4v) is 3.77. The van der Waals surface area contributed by atoms with Crippen molar-refractivity contribution in [3.05, 3.63) is 65.0 Å². The molecule has 2 atom stereocenters. The number of hydrogen-bond donors (Lipinski definition) is 3. The van der Waals surface area contributed by atoms with Crippen molar-refractivity contribution in [1.29, 1.82) is 0 Å². The van der Waals surface area contributed by atoms with Crippen LogP contribution >= 0.6 is 11.6 Å². The number of aryl methyl sites for hydroxylation is 1. The van der Waals surface area contributed by atoms with Gasteiger partial charge >= 0.3 is 0 Å². The van der Waals surface area contributed by atoms with Crippen LogP contribution in [0.5, 0.6) is 0 Å². The molecule has 9 nitrogen and oxygen atoms in total. The van der Waals surface area contributed by atoms with E-state index in [0.717, 1.165) is 5.56 Å². The van der Waals surface area contributed by atoms with E-state index in [1.807, 2.05) is 37.3 Å². The van der Waals surface area contributed by atoms with E-state index >= 15 is 0 Å². The van der Waals surface area contributed by atoms with Crippen LogP contribution in [0.1, 0.15) is 22.3 Å². The van der Waals surface area contributed by atoms with Crippen LogP contribution in [0.25, 0.3) is 5.69 Å². The third kappa shape index (κ3) is 4.66. The number of hydrogen-bond acceptors (Lipinski definition) is 5. The summed E-state index contributed by atoms with van der Waals surface area (Å²) in [6.07, 6.45) is 9.16. The third-order valence-corrected chi connectivity index (χ3v) is 5.34. The van der Waals surface area contributed by atoms with Gasteiger partial charge in [0.2, 0.25) is 5.91 Å². The minimum atomic E-state index is -0.433. The van der Waals surface area contributed by atoms with Gasteiger partial charge in [-0.2, -0.15) is 15.0 Å². The average molecular weight is 440 g/mol. The molecule has 160 valence electrons. The summed E-state index contributed by atoms with van der Waals surface area (Å²) in [6.45, 7) is 2.80. The SMILES string of the molecule is Cc1ccc(-n2nccn2)c(C(=O)NCCCN=C2NC(=O)C3C(Cl)=CC=CC3N2)c1. The Morgan fingerprint density at radius 2 is 2.13 bits per heavy atom. The zero-order chi connectivity index (χ0) is 21.8. The molecule has 1 aromatic carbocycles. The average Bonchev–Trinajstić information content (AvgIpc) is 3.28. The van der Waals surface area contributed by atoms with Crippen molar-refractivity contribution in [2.45, 2.75) is 19.4 Å². The maximum absolute atomic E-state index is 12.7. The quantitative estimate of drug-likeness (QED) is 0.589. The van der Waals surface area contributed by atoms with Crippen molar-refractivity contribution in [1.82, 2.24) is 30.9 Å². The number of guanidine groups is 1. The molecule has 31 heavy (non-hydrogen) atoms. The molecule has 0 spiro atoms. The molecule has 1 aromatic heterocycles. The summed E-state index contributed by atoms with van der Waals surface area (Å²) in [5.74, 6) is -0.401. The number of halogens is 1. The largest absolute Gasteiger partial charge is 0.352 e. The number of nitrogens with one attached hydrogen (secondary N) is 3. The van der Waals surface area contributed by atoms with Crippen LogP contribution in [0.3, 0.4) is 0 Å². The predicted molar refractivity (Wildman–Crippen MR) is 117 cm³/mol. The van der Waals surface area contributed by atoms with E-state index in [-0.39, 0.29) is 17.9 Å². The molecule has 2 amide bonds. The van der Waals surface area contributed by atoms with E-state index in [4.69, 9.17) is 11.6 Å². The zero-order valence-electron chi connectivity index (χ0n) is 16.9. The highest BCUT2D eigenvalue weighted by atomic mass is 35.5. The molecule has 2 aromatic rings. The first-order chi connectivity index (χ1) is 15.0. The van der Waals surface area contributed by atoms with Crippen molar-refractivity contribution >= 4 is 29.4 Å². The standard InChI is InChI=1S/C21H22ClN7O2/c1-13-6-7-17(29-25-10-11-26-29)14(12-13)19(30)23-8-3-9-24-21-27-16-5-2-4-15(22)18(16)20(31)28-21/h2,4-7,10-12,16,18H,3,8-9H2,1H3,(H,23,30)(H2,24,27,28,31). The van der Waals surface area contributed by atoms with Crippen LogP contribution in [-0.4, -0.2) is 51.9 Å². The lowest BCUT2D eigenvalue weighted by molar-refractivity contribution is -0.123. The lowest BCUT2D eigenvalue weighted by Crippen LogP contribution is -2.58. The number of fused-ring (bicyclic) bond motifs is 1. The number of aromatic nitrogens is 3. The molecule has 2 unspecified atom stereocenters. The second-order valence-corrected chi connectivity index (χ2v) is 7.69. The molecule has 0 radical (unpaired) electrons. The van der Waals surface area contributed by atoms with Gasteiger partial charge in [-0.1, -0.05) is 35.4 Å². The monoisotopic (exact) mass is 439 g/mol. The normalized spacial score (nSPS) is 21.2. The van der Waals surface area contributed by atoms with Gasteiger partial charge in [0.1, 0.15) is 0 Å². The lowest BCUT2D eigenvalue weighted by atomic mass is 9.92. The Kier molecular flexibility index (Phi) is 6.13. The maximum Gasteiger partial charge on any atom is 0.253 e. The second kappa shape index (κ2) is 9.13. The summed E-state index contributed by atoms with van der Waals surface area (Å²) >= 11 is 6.13. The highest BCUT2D eigenvalue weighted by Gasteiger charge is 2.36. The topological polar surface area (TPSA) is 113 Å². The Labute approximate surface area is 184 Å². The first-order valence-corrected chi connectivity index (χ1v) is 10.3. The smallest absolute Gasteiger partial charge is 0.253 e. The lowest BCUT2D eigenvalue weighted by Gasteiger charge is -2.32. The van der Waals surface area contributed by atoms with Gasteiger partial charge in [-0.05, 0) is 31.6 Å². The highest BCUT2D eigenvalue weighted by Crippen LogP contribution is 2.26. The van der Waals surface area contributed by atoms with Gasteiger partial charge in [-0.3, -0.25) is 19.9 Å². The summed E-state index contributed by atoms with van der Waals surface area (Å²) in [7, 11) is 0. The molecule has 4 rings (SSSR count). The van der Waals surface area contributed by atoms with E-state index in [1.165, 1.54) is 4.80 Å². The maximum atomic E-state index is 12.7. The molecular formula is C21H22ClN7O2. The first-order valence-electron chi connectivity index (χ1n) is 9.94. The van der Waals surface area contributed by atoms with Crippen molar-refractivity contribution in [3.8, 4) is 5.69 Å². The van der Waals surface area contributed by atoms with Gasteiger partial charge < -0.3 is 10.6 Å². The number of allylic oxidation sites excluding steroid dienone is 2. The molecule has 0 saturated carbocycles. The molecular weight excluding hydrogens is 418 g/mol. The summed E-state index contributed by atoms with van der Waals surface area (Å²) in [5, 5.41) is 17.5. The zero-order valence-corrected chi connectivity index (χ0v) is 17.6. The van der Waals surface area contributed by atoms with Crippen LogP contribution in [0.15, 0.2) is 58.8 Å². The molecule has 1 aliphatic heterocycles. The minimum absolute atomic E-state index is 0.180. The molecule has 2 heterocycles. The first kappa shape index (κ1) is 20.8. The Balaban J connectivity index is 1.31. The molecule has 1 saturated heterocycles. The molecule has 1 aliphatic carbocycles. The molecule has 10 heteroatoms. The Morgan fingerprint density at radius 1 is 1.32 bits per heavy atom. The van der Waals surface area contributed by atoms with E-state index in [0.29, 0.717) is 41.8 Å².